The third-order valence-electron chi connectivity index (χ3n) is 10.7. The molecule has 5 aromatic rings. The second kappa shape index (κ2) is 12.6. The summed E-state index contributed by atoms with van der Waals surface area (Å²) in [5.41, 5.74) is 13.4. The average molecular weight is 587 g/mol. The monoisotopic (exact) mass is 586 g/mol. The minimum Gasteiger partial charge on any atom is -0.356 e. The van der Waals surface area contributed by atoms with Crippen molar-refractivity contribution in [2.45, 2.75) is 76.0 Å². The largest absolute Gasteiger partial charge is 0.356 e. The SMILES string of the molecule is c1ccc(Nc2cc(C3CCCCC3)cc3c2B(c2ccccc2)c2cc(C4CCCCC4)ccc2N3c2ccccc2)cc1. The lowest BCUT2D eigenvalue weighted by Gasteiger charge is -2.40. The summed E-state index contributed by atoms with van der Waals surface area (Å²) in [7, 11) is 0. The number of hydrogen-bond donors (Lipinski definition) is 1. The molecule has 0 atom stereocenters. The molecule has 2 fully saturated rings. The zero-order valence-corrected chi connectivity index (χ0v) is 26.3. The fraction of sp³-hybridized carbons (Fsp3) is 0.286. The van der Waals surface area contributed by atoms with Crippen LogP contribution in [-0.4, -0.2) is 6.71 Å². The molecular weight excluding hydrogens is 543 g/mol. The van der Waals surface area contributed by atoms with Crippen LogP contribution in [0.25, 0.3) is 0 Å². The molecule has 2 aliphatic carbocycles. The van der Waals surface area contributed by atoms with Crippen LogP contribution in [0.2, 0.25) is 0 Å². The van der Waals surface area contributed by atoms with Crippen LogP contribution in [0.5, 0.6) is 0 Å². The average Bonchev–Trinajstić information content (AvgIpc) is 3.12. The van der Waals surface area contributed by atoms with Crippen molar-refractivity contribution in [2.24, 2.45) is 0 Å². The minimum atomic E-state index is 0.131. The highest BCUT2D eigenvalue weighted by molar-refractivity contribution is 6.98. The molecule has 2 nitrogen and oxygen atoms in total. The predicted molar refractivity (Wildman–Crippen MR) is 194 cm³/mol. The van der Waals surface area contributed by atoms with E-state index in [1.165, 1.54) is 114 Å². The summed E-state index contributed by atoms with van der Waals surface area (Å²) in [6.07, 6.45) is 13.2. The lowest BCUT2D eigenvalue weighted by atomic mass is 9.34. The molecule has 0 unspecified atom stereocenters. The van der Waals surface area contributed by atoms with E-state index in [-0.39, 0.29) is 6.71 Å². The Hall–Kier alpha value is -4.24. The molecule has 8 rings (SSSR count). The first-order chi connectivity index (χ1) is 22.3. The van der Waals surface area contributed by atoms with Gasteiger partial charge >= 0.3 is 0 Å². The summed E-state index contributed by atoms with van der Waals surface area (Å²) in [6.45, 7) is 0.131. The van der Waals surface area contributed by atoms with Crippen LogP contribution in [0.3, 0.4) is 0 Å². The van der Waals surface area contributed by atoms with E-state index >= 15 is 0 Å². The lowest BCUT2D eigenvalue weighted by Crippen LogP contribution is -2.58. The highest BCUT2D eigenvalue weighted by Crippen LogP contribution is 2.43. The first-order valence-electron chi connectivity index (χ1n) is 17.4. The van der Waals surface area contributed by atoms with E-state index in [1.54, 1.807) is 0 Å². The Morgan fingerprint density at radius 2 is 1.13 bits per heavy atom. The zero-order chi connectivity index (χ0) is 30.0. The molecule has 1 heterocycles. The van der Waals surface area contributed by atoms with Crippen LogP contribution in [0, 0.1) is 0 Å². The molecule has 1 N–H and O–H groups in total. The van der Waals surface area contributed by atoms with Gasteiger partial charge in [-0.3, -0.25) is 0 Å². The fourth-order valence-electron chi connectivity index (χ4n) is 8.43. The Morgan fingerprint density at radius 3 is 1.80 bits per heavy atom. The van der Waals surface area contributed by atoms with E-state index in [4.69, 9.17) is 0 Å². The number of benzene rings is 5. The van der Waals surface area contributed by atoms with Gasteiger partial charge in [0.1, 0.15) is 0 Å². The third kappa shape index (κ3) is 5.59. The van der Waals surface area contributed by atoms with Crippen LogP contribution < -0.4 is 26.6 Å². The number of nitrogens with one attached hydrogen (secondary N) is 1. The smallest absolute Gasteiger partial charge is 0.249 e. The summed E-state index contributed by atoms with van der Waals surface area (Å²) in [5.74, 6) is 1.26. The third-order valence-corrected chi connectivity index (χ3v) is 10.7. The first-order valence-corrected chi connectivity index (χ1v) is 17.4. The van der Waals surface area contributed by atoms with Gasteiger partial charge in [-0.25, -0.2) is 0 Å². The molecule has 224 valence electrons. The van der Waals surface area contributed by atoms with Crippen LogP contribution in [0.15, 0.2) is 121 Å². The van der Waals surface area contributed by atoms with Gasteiger partial charge in [-0.05, 0) is 102 Å². The Bertz CT molecular complexity index is 1740. The zero-order valence-electron chi connectivity index (χ0n) is 26.3. The maximum absolute atomic E-state index is 3.97. The molecule has 3 heteroatoms. The van der Waals surface area contributed by atoms with Gasteiger partial charge in [0, 0.05) is 28.4 Å². The van der Waals surface area contributed by atoms with Crippen molar-refractivity contribution < 1.29 is 0 Å². The second-order valence-corrected chi connectivity index (χ2v) is 13.5. The summed E-state index contributed by atoms with van der Waals surface area (Å²) in [5, 5.41) is 3.97. The summed E-state index contributed by atoms with van der Waals surface area (Å²) in [6, 6.07) is 45.6. The normalized spacial score (nSPS) is 17.1. The molecule has 3 aliphatic rings. The molecule has 5 aromatic carbocycles. The van der Waals surface area contributed by atoms with E-state index in [2.05, 4.69) is 132 Å². The fourth-order valence-corrected chi connectivity index (χ4v) is 8.43. The summed E-state index contributed by atoms with van der Waals surface area (Å²) >= 11 is 0. The molecule has 0 radical (unpaired) electrons. The Labute approximate surface area is 269 Å². The molecule has 0 amide bonds. The number of anilines is 5. The van der Waals surface area contributed by atoms with Crippen molar-refractivity contribution in [1.29, 1.82) is 0 Å². The van der Waals surface area contributed by atoms with Gasteiger partial charge < -0.3 is 10.2 Å². The van der Waals surface area contributed by atoms with Crippen molar-refractivity contribution in [2.75, 3.05) is 10.2 Å². The van der Waals surface area contributed by atoms with E-state index in [1.807, 2.05) is 0 Å². The highest BCUT2D eigenvalue weighted by atomic mass is 15.2. The van der Waals surface area contributed by atoms with Crippen molar-refractivity contribution >= 4 is 51.5 Å². The number of hydrogen-bond acceptors (Lipinski definition) is 2. The standard InChI is InChI=1S/C42H43BN2/c1-6-16-31(17-7-1)33-26-27-40-38(28-33)43(35-20-10-3-11-21-35)42-39(44-36-22-12-4-13-23-36)29-34(32-18-8-2-9-19-32)30-41(42)45(40)37-24-14-5-15-25-37/h3-5,10-15,20-32,44H,1-2,6-9,16-19H2. The Morgan fingerprint density at radius 1 is 0.533 bits per heavy atom. The van der Waals surface area contributed by atoms with Gasteiger partial charge in [-0.1, -0.05) is 123 Å². The molecule has 0 spiro atoms. The summed E-state index contributed by atoms with van der Waals surface area (Å²) < 4.78 is 0. The van der Waals surface area contributed by atoms with Gasteiger partial charge in [0.05, 0.1) is 0 Å². The highest BCUT2D eigenvalue weighted by Gasteiger charge is 2.38. The summed E-state index contributed by atoms with van der Waals surface area (Å²) in [4.78, 5) is 2.57. The van der Waals surface area contributed by atoms with Crippen LogP contribution in [-0.2, 0) is 0 Å². The van der Waals surface area contributed by atoms with Crippen molar-refractivity contribution in [3.05, 3.63) is 132 Å². The number of fused-ring (bicyclic) bond motifs is 2. The molecule has 1 aliphatic heterocycles. The molecular formula is C42H43BN2. The van der Waals surface area contributed by atoms with Gasteiger partial charge in [-0.2, -0.15) is 0 Å². The Kier molecular flexibility index (Phi) is 7.93. The van der Waals surface area contributed by atoms with Gasteiger partial charge in [-0.15, -0.1) is 0 Å². The second-order valence-electron chi connectivity index (χ2n) is 13.5. The number of rotatable bonds is 6. The van der Waals surface area contributed by atoms with Crippen LogP contribution in [0.1, 0.15) is 87.2 Å². The molecule has 0 saturated heterocycles. The van der Waals surface area contributed by atoms with Crippen LogP contribution >= 0.6 is 0 Å². The minimum absolute atomic E-state index is 0.131. The lowest BCUT2D eigenvalue weighted by molar-refractivity contribution is 0.443. The number of nitrogens with zero attached hydrogens (tertiary/aromatic N) is 1. The van der Waals surface area contributed by atoms with Gasteiger partial charge in [0.25, 0.3) is 0 Å². The van der Waals surface area contributed by atoms with Crippen molar-refractivity contribution in [3.63, 3.8) is 0 Å². The van der Waals surface area contributed by atoms with Gasteiger partial charge in [0.15, 0.2) is 0 Å². The number of para-hydroxylation sites is 2. The van der Waals surface area contributed by atoms with E-state index in [0.717, 1.165) is 5.69 Å². The molecule has 2 saturated carbocycles. The first kappa shape index (κ1) is 28.3. The van der Waals surface area contributed by atoms with Gasteiger partial charge in [0.2, 0.25) is 6.71 Å². The van der Waals surface area contributed by atoms with E-state index in [9.17, 15) is 0 Å². The molecule has 0 aromatic heterocycles. The van der Waals surface area contributed by atoms with Crippen molar-refractivity contribution in [3.8, 4) is 0 Å². The maximum Gasteiger partial charge on any atom is 0.249 e. The van der Waals surface area contributed by atoms with Crippen molar-refractivity contribution in [1.82, 2.24) is 0 Å². The predicted octanol–water partition coefficient (Wildman–Crippen LogP) is 9.82. The topological polar surface area (TPSA) is 15.3 Å². The van der Waals surface area contributed by atoms with E-state index in [0.29, 0.717) is 11.8 Å². The maximum atomic E-state index is 3.97. The quantitative estimate of drug-likeness (QED) is 0.196. The molecule has 0 bridgehead atoms. The Balaban J connectivity index is 1.40. The van der Waals surface area contributed by atoms with Crippen LogP contribution in [0.4, 0.5) is 28.4 Å². The van der Waals surface area contributed by atoms with E-state index < -0.39 is 0 Å². The molecule has 45 heavy (non-hydrogen) atoms.